The van der Waals surface area contributed by atoms with Crippen LogP contribution in [0, 0.1) is 6.58 Å². The molecule has 0 atom stereocenters. The molecule has 1 aromatic heterocycles. The maximum atomic E-state index is 5.06. The second kappa shape index (κ2) is 2.87. The summed E-state index contributed by atoms with van der Waals surface area (Å²) in [6.45, 7) is 5.06. The van der Waals surface area contributed by atoms with Crippen LogP contribution in [0.1, 0.15) is 5.89 Å². The lowest BCUT2D eigenvalue weighted by atomic mass is 10.5. The van der Waals surface area contributed by atoms with Gasteiger partial charge in [0.1, 0.15) is 6.26 Å². The van der Waals surface area contributed by atoms with Gasteiger partial charge in [0.25, 0.3) is 0 Å². The summed E-state index contributed by atoms with van der Waals surface area (Å²) < 4.78 is 4.86. The first-order valence-corrected chi connectivity index (χ1v) is 2.54. The van der Waals surface area contributed by atoms with Crippen LogP contribution in [0.3, 0.4) is 0 Å². The lowest BCUT2D eigenvalue weighted by molar-refractivity contribution is 0.546. The molecule has 0 aliphatic rings. The minimum Gasteiger partial charge on any atom is -0.445 e. The normalized spacial score (nSPS) is 10.2. The van der Waals surface area contributed by atoms with Crippen molar-refractivity contribution in [3.63, 3.8) is 0 Å². The molecular weight excluding hydrogens is 114 g/mol. The summed E-state index contributed by atoms with van der Waals surface area (Å²) in [5, 5.41) is 0. The van der Waals surface area contributed by atoms with Gasteiger partial charge < -0.3 is 4.42 Å². The van der Waals surface area contributed by atoms with Gasteiger partial charge in [0, 0.05) is 6.08 Å². The second-order valence-electron chi connectivity index (χ2n) is 1.42. The molecule has 1 rings (SSSR count). The smallest absolute Gasteiger partial charge is 0.218 e. The van der Waals surface area contributed by atoms with E-state index < -0.39 is 0 Å². The number of allylic oxidation sites excluding steroid dienone is 2. The van der Waals surface area contributed by atoms with Gasteiger partial charge in [-0.2, -0.15) is 0 Å². The van der Waals surface area contributed by atoms with Crippen LogP contribution in [-0.2, 0) is 0 Å². The van der Waals surface area contributed by atoms with Crippen LogP contribution in [-0.4, -0.2) is 4.98 Å². The molecule has 0 fully saturated rings. The van der Waals surface area contributed by atoms with Crippen LogP contribution in [0.5, 0.6) is 0 Å². The first-order valence-electron chi connectivity index (χ1n) is 2.54. The number of aromatic nitrogens is 1. The molecule has 0 saturated carbocycles. The summed E-state index contributed by atoms with van der Waals surface area (Å²) in [5.74, 6) is 0.566. The van der Waals surface area contributed by atoms with Crippen molar-refractivity contribution in [2.24, 2.45) is 0 Å². The van der Waals surface area contributed by atoms with Crippen molar-refractivity contribution in [1.82, 2.24) is 4.98 Å². The van der Waals surface area contributed by atoms with Gasteiger partial charge in [-0.1, -0.05) is 18.7 Å². The highest BCUT2D eigenvalue weighted by Crippen LogP contribution is 1.95. The number of oxazole rings is 1. The minimum absolute atomic E-state index is 0.566. The van der Waals surface area contributed by atoms with E-state index in [4.69, 9.17) is 11.0 Å². The van der Waals surface area contributed by atoms with E-state index in [0.29, 0.717) is 5.89 Å². The molecule has 0 aliphatic carbocycles. The minimum atomic E-state index is 0.566. The average Bonchev–Trinajstić information content (AvgIpc) is 2.34. The van der Waals surface area contributed by atoms with E-state index in [1.807, 2.05) is 0 Å². The Morgan fingerprint density at radius 1 is 1.67 bits per heavy atom. The zero-order chi connectivity index (χ0) is 6.53. The number of hydrogen-bond donors (Lipinski definition) is 0. The van der Waals surface area contributed by atoms with Crippen LogP contribution in [0.25, 0.3) is 6.08 Å². The highest BCUT2D eigenvalue weighted by atomic mass is 16.3. The van der Waals surface area contributed by atoms with Crippen molar-refractivity contribution in [2.45, 2.75) is 0 Å². The van der Waals surface area contributed by atoms with Crippen molar-refractivity contribution in [3.8, 4) is 0 Å². The molecule has 0 aliphatic heterocycles. The Bertz CT molecular complexity index is 199. The number of nitrogens with zero attached hydrogens (tertiary/aromatic N) is 1. The van der Waals surface area contributed by atoms with Gasteiger partial charge in [-0.15, -0.1) is 0 Å². The second-order valence-corrected chi connectivity index (χ2v) is 1.42. The Morgan fingerprint density at radius 2 is 2.56 bits per heavy atom. The van der Waals surface area contributed by atoms with Crippen molar-refractivity contribution in [3.05, 3.63) is 37.1 Å². The van der Waals surface area contributed by atoms with Crippen molar-refractivity contribution in [2.75, 3.05) is 0 Å². The van der Waals surface area contributed by atoms with Gasteiger partial charge in [0.2, 0.25) is 5.89 Å². The van der Waals surface area contributed by atoms with Crippen LogP contribution in [0.4, 0.5) is 0 Å². The van der Waals surface area contributed by atoms with Gasteiger partial charge in [-0.05, 0) is 0 Å². The van der Waals surface area contributed by atoms with Gasteiger partial charge in [0.15, 0.2) is 0 Å². The maximum Gasteiger partial charge on any atom is 0.218 e. The SMILES string of the molecule is [CH]=C/C=C/c1ncco1. The van der Waals surface area contributed by atoms with E-state index >= 15 is 0 Å². The Hall–Kier alpha value is -1.31. The fourth-order valence-electron chi connectivity index (χ4n) is 0.455. The van der Waals surface area contributed by atoms with Crippen LogP contribution in [0.15, 0.2) is 29.0 Å². The Morgan fingerprint density at radius 3 is 3.11 bits per heavy atom. The summed E-state index contributed by atoms with van der Waals surface area (Å²) in [6.07, 6.45) is 7.85. The van der Waals surface area contributed by atoms with E-state index in [-0.39, 0.29) is 0 Å². The average molecular weight is 120 g/mol. The quantitative estimate of drug-likeness (QED) is 0.555. The lowest BCUT2D eigenvalue weighted by Gasteiger charge is -1.75. The molecule has 0 aromatic carbocycles. The van der Waals surface area contributed by atoms with Crippen molar-refractivity contribution in [1.29, 1.82) is 0 Å². The molecule has 0 spiro atoms. The number of hydrogen-bond acceptors (Lipinski definition) is 2. The fraction of sp³-hybridized carbons (Fsp3) is 0. The highest BCUT2D eigenvalue weighted by molar-refractivity contribution is 5.39. The van der Waals surface area contributed by atoms with E-state index in [1.165, 1.54) is 12.3 Å². The zero-order valence-electron chi connectivity index (χ0n) is 4.82. The predicted molar refractivity (Wildman–Crippen MR) is 34.4 cm³/mol. The topological polar surface area (TPSA) is 26.0 Å². The largest absolute Gasteiger partial charge is 0.445 e. The third kappa shape index (κ3) is 1.57. The molecule has 0 unspecified atom stereocenters. The molecule has 9 heavy (non-hydrogen) atoms. The van der Waals surface area contributed by atoms with Crippen LogP contribution < -0.4 is 0 Å². The standard InChI is InChI=1S/C7H6NO/c1-2-3-4-7-8-5-6-9-7/h1-6H/b2-1?,4-3+. The first-order chi connectivity index (χ1) is 4.43. The fourth-order valence-corrected chi connectivity index (χ4v) is 0.455. The molecule has 0 amide bonds. The third-order valence-electron chi connectivity index (χ3n) is 0.801. The van der Waals surface area contributed by atoms with Gasteiger partial charge in [-0.25, -0.2) is 4.98 Å². The molecule has 1 heterocycles. The Balaban J connectivity index is 2.67. The Labute approximate surface area is 53.5 Å². The molecule has 2 heteroatoms. The van der Waals surface area contributed by atoms with Gasteiger partial charge in [0.05, 0.1) is 6.20 Å². The Kier molecular flexibility index (Phi) is 1.85. The van der Waals surface area contributed by atoms with E-state index in [9.17, 15) is 0 Å². The lowest BCUT2D eigenvalue weighted by Crippen LogP contribution is -1.63. The van der Waals surface area contributed by atoms with E-state index in [0.717, 1.165) is 0 Å². The van der Waals surface area contributed by atoms with Gasteiger partial charge >= 0.3 is 0 Å². The van der Waals surface area contributed by atoms with E-state index in [2.05, 4.69) is 4.98 Å². The molecule has 2 nitrogen and oxygen atoms in total. The summed E-state index contributed by atoms with van der Waals surface area (Å²) in [7, 11) is 0. The van der Waals surface area contributed by atoms with Crippen molar-refractivity contribution >= 4 is 6.08 Å². The summed E-state index contributed by atoms with van der Waals surface area (Å²) in [5.41, 5.74) is 0. The monoisotopic (exact) mass is 120 g/mol. The summed E-state index contributed by atoms with van der Waals surface area (Å²) >= 11 is 0. The molecule has 1 radical (unpaired) electrons. The summed E-state index contributed by atoms with van der Waals surface area (Å²) in [6, 6.07) is 0. The molecular formula is C7H6NO. The van der Waals surface area contributed by atoms with E-state index in [1.54, 1.807) is 18.3 Å². The van der Waals surface area contributed by atoms with Crippen LogP contribution in [0.2, 0.25) is 0 Å². The molecule has 45 valence electrons. The maximum absolute atomic E-state index is 5.06. The molecule has 0 N–H and O–H groups in total. The van der Waals surface area contributed by atoms with Crippen LogP contribution >= 0.6 is 0 Å². The van der Waals surface area contributed by atoms with Crippen molar-refractivity contribution < 1.29 is 4.42 Å². The molecule has 0 bridgehead atoms. The van der Waals surface area contributed by atoms with Gasteiger partial charge in [-0.3, -0.25) is 0 Å². The molecule has 0 saturated heterocycles. The third-order valence-corrected chi connectivity index (χ3v) is 0.801. The predicted octanol–water partition coefficient (Wildman–Crippen LogP) is 1.68. The first kappa shape index (κ1) is 5.82. The molecule has 1 aromatic rings. The highest BCUT2D eigenvalue weighted by Gasteiger charge is 1.84. The number of rotatable bonds is 2. The zero-order valence-corrected chi connectivity index (χ0v) is 4.82. The summed E-state index contributed by atoms with van der Waals surface area (Å²) in [4.78, 5) is 3.82.